The van der Waals surface area contributed by atoms with Gasteiger partial charge in [0.15, 0.2) is 5.82 Å². The number of carbonyl (C=O) groups excluding carboxylic acids is 2. The van der Waals surface area contributed by atoms with Crippen molar-refractivity contribution < 1.29 is 18.7 Å². The first kappa shape index (κ1) is 31.7. The average Bonchev–Trinajstić information content (AvgIpc) is 3.72. The van der Waals surface area contributed by atoms with Crippen LogP contribution in [0.5, 0.6) is 5.75 Å². The topological polar surface area (TPSA) is 133 Å². The number of fused-ring (bicyclic) bond motifs is 2. The number of anilines is 1. The number of ether oxygens (including phenoxy) is 1. The van der Waals surface area contributed by atoms with Gasteiger partial charge in [-0.3, -0.25) is 9.59 Å². The van der Waals surface area contributed by atoms with Gasteiger partial charge in [0, 0.05) is 54.3 Å². The normalized spacial score (nSPS) is 18.4. The number of imidazole rings is 1. The first-order chi connectivity index (χ1) is 22.9. The van der Waals surface area contributed by atoms with Gasteiger partial charge in [-0.2, -0.15) is 0 Å². The van der Waals surface area contributed by atoms with Crippen molar-refractivity contribution >= 4 is 39.7 Å². The van der Waals surface area contributed by atoms with E-state index in [0.717, 1.165) is 58.7 Å². The Balaban J connectivity index is 1.27. The summed E-state index contributed by atoms with van der Waals surface area (Å²) in [6.45, 7) is 6.70. The maximum atomic E-state index is 14.3. The van der Waals surface area contributed by atoms with Gasteiger partial charge in [-0.15, -0.1) is 0 Å². The van der Waals surface area contributed by atoms with Gasteiger partial charge >= 0.3 is 0 Å². The number of hydrogen-bond acceptors (Lipinski definition) is 7. The molecule has 1 saturated carbocycles. The van der Waals surface area contributed by atoms with Crippen molar-refractivity contribution in [2.45, 2.75) is 58.8 Å². The number of methoxy groups -OCH3 is 1. The molecule has 0 bridgehead atoms. The van der Waals surface area contributed by atoms with Crippen LogP contribution in [0.15, 0.2) is 48.7 Å². The molecule has 2 aliphatic rings. The minimum absolute atomic E-state index is 0.0184. The van der Waals surface area contributed by atoms with Crippen LogP contribution in [-0.2, 0) is 18.4 Å². The predicted octanol–water partition coefficient (Wildman–Crippen LogP) is 5.57. The molecule has 5 aromatic rings. The van der Waals surface area contributed by atoms with E-state index >= 15 is 0 Å². The Kier molecular flexibility index (Phi) is 7.93. The fourth-order valence-corrected chi connectivity index (χ4v) is 6.38. The smallest absolute Gasteiger partial charge is 0.254 e. The number of nitrogens with zero attached hydrogens (tertiary/aromatic N) is 6. The minimum Gasteiger partial charge on any atom is -0.494 e. The molecule has 11 nitrogen and oxygen atoms in total. The van der Waals surface area contributed by atoms with Crippen LogP contribution in [0, 0.1) is 11.3 Å². The van der Waals surface area contributed by atoms with E-state index in [1.807, 2.05) is 44.5 Å². The molecule has 0 unspecified atom stereocenters. The number of nitrogens with one attached hydrogen (secondary N) is 1. The molecule has 3 N–H and O–H groups in total. The van der Waals surface area contributed by atoms with E-state index in [-0.39, 0.29) is 24.8 Å². The number of rotatable bonds is 7. The second-order valence-corrected chi connectivity index (χ2v) is 14.2. The average molecular weight is 653 g/mol. The van der Waals surface area contributed by atoms with Crippen LogP contribution in [0.2, 0.25) is 0 Å². The quantitative estimate of drug-likeness (QED) is 0.235. The number of amides is 2. The number of pyridine rings is 2. The summed E-state index contributed by atoms with van der Waals surface area (Å²) in [4.78, 5) is 42.0. The predicted molar refractivity (Wildman–Crippen MR) is 183 cm³/mol. The third-order valence-electron chi connectivity index (χ3n) is 9.21. The SMILES string of the molecule is COc1cc(C(=O)N2C[C@H](N)C[C@@H](F)C2)cc2nc(-c3cc4ccc(-c5ccc(NC(=O)C(C)(C)C)nc5)nc4n3CC3CC3)n(C)c12. The molecular weight excluding hydrogens is 611 g/mol. The molecule has 5 heterocycles. The van der Waals surface area contributed by atoms with Gasteiger partial charge in [-0.05, 0) is 67.6 Å². The third kappa shape index (κ3) is 6.00. The van der Waals surface area contributed by atoms with Crippen molar-refractivity contribution in [2.75, 3.05) is 25.5 Å². The van der Waals surface area contributed by atoms with E-state index in [0.29, 0.717) is 35.1 Å². The molecule has 2 atom stereocenters. The number of piperidine rings is 1. The lowest BCUT2D eigenvalue weighted by Crippen LogP contribution is -2.50. The van der Waals surface area contributed by atoms with Gasteiger partial charge in [0.25, 0.3) is 5.91 Å². The van der Waals surface area contributed by atoms with Crippen LogP contribution >= 0.6 is 0 Å². The highest BCUT2D eigenvalue weighted by molar-refractivity contribution is 6.00. The van der Waals surface area contributed by atoms with Crippen molar-refractivity contribution in [3.05, 3.63) is 54.2 Å². The summed E-state index contributed by atoms with van der Waals surface area (Å²) in [6.07, 6.45) is 3.15. The molecule has 4 aromatic heterocycles. The molecular formula is C36H41FN8O3. The van der Waals surface area contributed by atoms with Crippen LogP contribution in [0.25, 0.3) is 44.8 Å². The Bertz CT molecular complexity index is 2030. The van der Waals surface area contributed by atoms with Crippen LogP contribution in [0.4, 0.5) is 10.2 Å². The Labute approximate surface area is 278 Å². The van der Waals surface area contributed by atoms with Gasteiger partial charge < -0.3 is 29.8 Å². The number of nitrogens with two attached hydrogens (primary N) is 1. The van der Waals surface area contributed by atoms with E-state index < -0.39 is 17.6 Å². The molecule has 1 aliphatic carbocycles. The Morgan fingerprint density at radius 1 is 1.08 bits per heavy atom. The number of aryl methyl sites for hydroxylation is 1. The summed E-state index contributed by atoms with van der Waals surface area (Å²) in [5.74, 6) is 1.89. The van der Waals surface area contributed by atoms with E-state index in [2.05, 4.69) is 27.0 Å². The van der Waals surface area contributed by atoms with Crippen molar-refractivity contribution in [3.8, 4) is 28.5 Å². The first-order valence-electron chi connectivity index (χ1n) is 16.4. The van der Waals surface area contributed by atoms with E-state index in [4.69, 9.17) is 20.4 Å². The summed E-state index contributed by atoms with van der Waals surface area (Å²) >= 11 is 0. The molecule has 1 aromatic carbocycles. The second kappa shape index (κ2) is 12.0. The third-order valence-corrected chi connectivity index (χ3v) is 9.21. The molecule has 48 heavy (non-hydrogen) atoms. The highest BCUT2D eigenvalue weighted by Gasteiger charge is 2.31. The Morgan fingerprint density at radius 3 is 2.54 bits per heavy atom. The highest BCUT2D eigenvalue weighted by Crippen LogP contribution is 2.38. The largest absolute Gasteiger partial charge is 0.494 e. The lowest BCUT2D eigenvalue weighted by Gasteiger charge is -2.33. The van der Waals surface area contributed by atoms with E-state index in [9.17, 15) is 14.0 Å². The Morgan fingerprint density at radius 2 is 1.88 bits per heavy atom. The molecule has 0 spiro atoms. The zero-order valence-corrected chi connectivity index (χ0v) is 28.0. The van der Waals surface area contributed by atoms with Gasteiger partial charge in [-0.25, -0.2) is 19.3 Å². The summed E-state index contributed by atoms with van der Waals surface area (Å²) in [5, 5.41) is 3.85. The van der Waals surface area contributed by atoms with Gasteiger partial charge in [0.05, 0.1) is 30.6 Å². The first-order valence-corrected chi connectivity index (χ1v) is 16.4. The fourth-order valence-electron chi connectivity index (χ4n) is 6.38. The second-order valence-electron chi connectivity index (χ2n) is 14.2. The van der Waals surface area contributed by atoms with Gasteiger partial charge in [0.1, 0.15) is 28.9 Å². The van der Waals surface area contributed by atoms with Crippen molar-refractivity contribution in [2.24, 2.45) is 24.1 Å². The van der Waals surface area contributed by atoms with E-state index in [1.165, 1.54) is 4.90 Å². The number of carbonyl (C=O) groups is 2. The van der Waals surface area contributed by atoms with Crippen LogP contribution in [0.1, 0.15) is 50.4 Å². The number of halogens is 1. The highest BCUT2D eigenvalue weighted by atomic mass is 19.1. The molecule has 0 radical (unpaired) electrons. The maximum Gasteiger partial charge on any atom is 0.254 e. The number of benzene rings is 1. The number of alkyl halides is 1. The van der Waals surface area contributed by atoms with Crippen LogP contribution < -0.4 is 15.8 Å². The number of aromatic nitrogens is 5. The van der Waals surface area contributed by atoms with Crippen LogP contribution in [-0.4, -0.2) is 73.2 Å². The summed E-state index contributed by atoms with van der Waals surface area (Å²) in [7, 11) is 3.51. The van der Waals surface area contributed by atoms with Crippen molar-refractivity contribution in [3.63, 3.8) is 0 Å². The Hall–Kier alpha value is -4.84. The molecule has 12 heteroatoms. The molecule has 1 aliphatic heterocycles. The molecule has 7 rings (SSSR count). The fraction of sp³-hybridized carbons (Fsp3) is 0.417. The maximum absolute atomic E-state index is 14.3. The zero-order valence-electron chi connectivity index (χ0n) is 28.0. The van der Waals surface area contributed by atoms with E-state index in [1.54, 1.807) is 31.5 Å². The summed E-state index contributed by atoms with van der Waals surface area (Å²) < 4.78 is 24.3. The molecule has 250 valence electrons. The zero-order chi connectivity index (χ0) is 33.9. The molecule has 2 fully saturated rings. The lowest BCUT2D eigenvalue weighted by atomic mass is 9.96. The summed E-state index contributed by atoms with van der Waals surface area (Å²) in [6, 6.07) is 12.9. The van der Waals surface area contributed by atoms with Gasteiger partial charge in [0.2, 0.25) is 5.91 Å². The standard InChI is InChI=1S/C36H41FN8O3/c1-36(2,3)35(47)42-30-11-9-22(16-39-30)26-10-8-21-13-28(45(32(21)40-26)17-20-6-7-20)33-41-27-12-23(14-29(48-5)31(27)43(33)4)34(46)44-18-24(37)15-25(38)19-44/h8-14,16,20,24-25H,6-7,15,17-19,38H2,1-5H3,(H,39,42,47)/t24-,25-/m1/s1. The van der Waals surface area contributed by atoms with Crippen molar-refractivity contribution in [1.82, 2.24) is 29.0 Å². The number of hydrogen-bond donors (Lipinski definition) is 2. The monoisotopic (exact) mass is 652 g/mol. The summed E-state index contributed by atoms with van der Waals surface area (Å²) in [5.41, 5.74) is 10.6. The number of likely N-dealkylation sites (tertiary alicyclic amines) is 1. The molecule has 2 amide bonds. The minimum atomic E-state index is -1.15. The molecule has 1 saturated heterocycles. The van der Waals surface area contributed by atoms with Crippen molar-refractivity contribution in [1.29, 1.82) is 0 Å². The van der Waals surface area contributed by atoms with Gasteiger partial charge in [-0.1, -0.05) is 20.8 Å². The lowest BCUT2D eigenvalue weighted by molar-refractivity contribution is -0.123. The van der Waals surface area contributed by atoms with Crippen LogP contribution in [0.3, 0.4) is 0 Å².